The number of halogens is 1. The molecule has 0 aliphatic heterocycles. The maximum Gasteiger partial charge on any atom is 0.120 e. The Morgan fingerprint density at radius 1 is 1.36 bits per heavy atom. The number of hydrogen-bond acceptors (Lipinski definition) is 1. The van der Waals surface area contributed by atoms with Crippen LogP contribution in [0, 0.1) is 13.8 Å². The van der Waals surface area contributed by atoms with Crippen molar-refractivity contribution in [2.75, 3.05) is 0 Å². The molecule has 1 rings (SSSR count). The van der Waals surface area contributed by atoms with Crippen LogP contribution in [0.25, 0.3) is 0 Å². The van der Waals surface area contributed by atoms with Crippen molar-refractivity contribution in [1.29, 1.82) is 0 Å². The van der Waals surface area contributed by atoms with Crippen molar-refractivity contribution < 1.29 is 4.74 Å². The van der Waals surface area contributed by atoms with E-state index in [0.29, 0.717) is 0 Å². The lowest BCUT2D eigenvalue weighted by molar-refractivity contribution is 0.270. The molecule has 0 saturated carbocycles. The molecule has 76 valence electrons. The molecule has 0 aromatic heterocycles. The van der Waals surface area contributed by atoms with Crippen molar-refractivity contribution in [3.05, 3.63) is 40.4 Å². The third kappa shape index (κ3) is 2.61. The molecule has 0 radical (unpaired) electrons. The second-order valence-electron chi connectivity index (χ2n) is 3.43. The summed E-state index contributed by atoms with van der Waals surface area (Å²) in [5.41, 5.74) is 2.38. The van der Waals surface area contributed by atoms with Crippen molar-refractivity contribution >= 4 is 15.9 Å². The molecule has 1 unspecified atom stereocenters. The summed E-state index contributed by atoms with van der Waals surface area (Å²) in [4.78, 5) is 0. The van der Waals surface area contributed by atoms with E-state index in [0.717, 1.165) is 10.2 Å². The van der Waals surface area contributed by atoms with E-state index in [1.165, 1.54) is 11.1 Å². The van der Waals surface area contributed by atoms with Gasteiger partial charge in [-0.05, 0) is 44.0 Å². The van der Waals surface area contributed by atoms with Crippen LogP contribution in [0.2, 0.25) is 0 Å². The molecule has 0 saturated heterocycles. The lowest BCUT2D eigenvalue weighted by Crippen LogP contribution is -2.07. The molecule has 0 aliphatic rings. The Balaban J connectivity index is 2.95. The van der Waals surface area contributed by atoms with Gasteiger partial charge in [0, 0.05) is 4.47 Å². The first kappa shape index (κ1) is 11.3. The maximum atomic E-state index is 5.64. The summed E-state index contributed by atoms with van der Waals surface area (Å²) in [6, 6.07) is 4.05. The quantitative estimate of drug-likeness (QED) is 0.741. The Kier molecular flexibility index (Phi) is 3.76. The van der Waals surface area contributed by atoms with E-state index in [1.54, 1.807) is 6.08 Å². The monoisotopic (exact) mass is 254 g/mol. The van der Waals surface area contributed by atoms with Gasteiger partial charge in [-0.15, -0.1) is 0 Å². The van der Waals surface area contributed by atoms with Gasteiger partial charge < -0.3 is 4.74 Å². The third-order valence-electron chi connectivity index (χ3n) is 2.06. The van der Waals surface area contributed by atoms with Crippen molar-refractivity contribution in [2.45, 2.75) is 26.9 Å². The zero-order valence-electron chi connectivity index (χ0n) is 8.80. The molecule has 0 amide bonds. The van der Waals surface area contributed by atoms with Gasteiger partial charge in [0.2, 0.25) is 0 Å². The average Bonchev–Trinajstić information content (AvgIpc) is 2.14. The SMILES string of the molecule is C=CC(C)Oc1cc(C)c(Br)c(C)c1. The summed E-state index contributed by atoms with van der Waals surface area (Å²) in [6.45, 7) is 9.77. The standard InChI is InChI=1S/C12H15BrO/c1-5-10(4)14-11-6-8(2)12(13)9(3)7-11/h5-7,10H,1H2,2-4H3. The van der Waals surface area contributed by atoms with Crippen LogP contribution in [0.15, 0.2) is 29.3 Å². The van der Waals surface area contributed by atoms with Crippen LogP contribution in [0.3, 0.4) is 0 Å². The Morgan fingerprint density at radius 2 is 1.86 bits per heavy atom. The highest BCUT2D eigenvalue weighted by Crippen LogP contribution is 2.26. The molecule has 0 aliphatic carbocycles. The smallest absolute Gasteiger partial charge is 0.120 e. The van der Waals surface area contributed by atoms with Crippen LogP contribution in [0.5, 0.6) is 5.75 Å². The Hall–Kier alpha value is -0.760. The Bertz CT molecular complexity index is 321. The zero-order chi connectivity index (χ0) is 10.7. The predicted molar refractivity (Wildman–Crippen MR) is 63.9 cm³/mol. The second-order valence-corrected chi connectivity index (χ2v) is 4.22. The van der Waals surface area contributed by atoms with E-state index >= 15 is 0 Å². The van der Waals surface area contributed by atoms with Gasteiger partial charge in [0.15, 0.2) is 0 Å². The molecule has 1 aromatic rings. The van der Waals surface area contributed by atoms with Gasteiger partial charge in [0.05, 0.1) is 0 Å². The molecular formula is C12H15BrO. The number of hydrogen-bond donors (Lipinski definition) is 0. The molecule has 0 spiro atoms. The van der Waals surface area contributed by atoms with Crippen molar-refractivity contribution in [3.63, 3.8) is 0 Å². The van der Waals surface area contributed by atoms with Crippen LogP contribution in [-0.2, 0) is 0 Å². The minimum absolute atomic E-state index is 0.0509. The van der Waals surface area contributed by atoms with Gasteiger partial charge in [0.25, 0.3) is 0 Å². The van der Waals surface area contributed by atoms with Gasteiger partial charge in [-0.2, -0.15) is 0 Å². The van der Waals surface area contributed by atoms with E-state index in [1.807, 2.05) is 19.1 Å². The number of aryl methyl sites for hydroxylation is 2. The predicted octanol–water partition coefficient (Wildman–Crippen LogP) is 4.02. The number of rotatable bonds is 3. The molecule has 0 bridgehead atoms. The molecule has 0 heterocycles. The zero-order valence-corrected chi connectivity index (χ0v) is 10.4. The molecule has 1 atom stereocenters. The second kappa shape index (κ2) is 4.65. The topological polar surface area (TPSA) is 9.23 Å². The van der Waals surface area contributed by atoms with Gasteiger partial charge >= 0.3 is 0 Å². The van der Waals surface area contributed by atoms with E-state index in [-0.39, 0.29) is 6.10 Å². The van der Waals surface area contributed by atoms with Crippen LogP contribution >= 0.6 is 15.9 Å². The summed E-state index contributed by atoms with van der Waals surface area (Å²) >= 11 is 3.52. The Morgan fingerprint density at radius 3 is 2.29 bits per heavy atom. The highest BCUT2D eigenvalue weighted by atomic mass is 79.9. The minimum atomic E-state index is 0.0509. The minimum Gasteiger partial charge on any atom is -0.487 e. The first-order valence-electron chi connectivity index (χ1n) is 4.60. The molecule has 1 aromatic carbocycles. The summed E-state index contributed by atoms with van der Waals surface area (Å²) in [5.74, 6) is 0.899. The first-order valence-corrected chi connectivity index (χ1v) is 5.40. The van der Waals surface area contributed by atoms with E-state index < -0.39 is 0 Å². The lowest BCUT2D eigenvalue weighted by atomic mass is 10.1. The molecular weight excluding hydrogens is 240 g/mol. The van der Waals surface area contributed by atoms with Gasteiger partial charge in [-0.1, -0.05) is 28.6 Å². The summed E-state index contributed by atoms with van der Waals surface area (Å²) in [7, 11) is 0. The van der Waals surface area contributed by atoms with Gasteiger partial charge in [0.1, 0.15) is 11.9 Å². The fourth-order valence-electron chi connectivity index (χ4n) is 1.24. The lowest BCUT2D eigenvalue weighted by Gasteiger charge is -2.13. The Labute approximate surface area is 93.9 Å². The highest BCUT2D eigenvalue weighted by Gasteiger charge is 2.04. The average molecular weight is 255 g/mol. The fourth-order valence-corrected chi connectivity index (χ4v) is 1.47. The molecule has 0 N–H and O–H groups in total. The molecule has 0 fully saturated rings. The highest BCUT2D eigenvalue weighted by molar-refractivity contribution is 9.10. The summed E-state index contributed by atoms with van der Waals surface area (Å²) < 4.78 is 6.79. The van der Waals surface area contributed by atoms with Crippen molar-refractivity contribution in [2.24, 2.45) is 0 Å². The van der Waals surface area contributed by atoms with E-state index in [4.69, 9.17) is 4.74 Å². The molecule has 1 nitrogen and oxygen atoms in total. The summed E-state index contributed by atoms with van der Waals surface area (Å²) in [5, 5.41) is 0. The third-order valence-corrected chi connectivity index (χ3v) is 3.31. The molecule has 2 heteroatoms. The number of benzene rings is 1. The van der Waals surface area contributed by atoms with E-state index in [2.05, 4.69) is 36.4 Å². The largest absolute Gasteiger partial charge is 0.487 e. The van der Waals surface area contributed by atoms with Crippen LogP contribution < -0.4 is 4.74 Å². The normalized spacial score (nSPS) is 12.3. The van der Waals surface area contributed by atoms with Crippen molar-refractivity contribution in [1.82, 2.24) is 0 Å². The maximum absolute atomic E-state index is 5.64. The van der Waals surface area contributed by atoms with Gasteiger partial charge in [-0.3, -0.25) is 0 Å². The number of ether oxygens (including phenoxy) is 1. The van der Waals surface area contributed by atoms with Crippen molar-refractivity contribution in [3.8, 4) is 5.75 Å². The van der Waals surface area contributed by atoms with Gasteiger partial charge in [-0.25, -0.2) is 0 Å². The van der Waals surface area contributed by atoms with E-state index in [9.17, 15) is 0 Å². The summed E-state index contributed by atoms with van der Waals surface area (Å²) in [6.07, 6.45) is 1.84. The molecule has 14 heavy (non-hydrogen) atoms. The fraction of sp³-hybridized carbons (Fsp3) is 0.333. The first-order chi connectivity index (χ1) is 6.54. The van der Waals surface area contributed by atoms with Crippen LogP contribution in [0.4, 0.5) is 0 Å². The van der Waals surface area contributed by atoms with Crippen LogP contribution in [0.1, 0.15) is 18.1 Å². The van der Waals surface area contributed by atoms with Crippen LogP contribution in [-0.4, -0.2) is 6.10 Å².